The highest BCUT2D eigenvalue weighted by Gasteiger charge is 2.60. The Morgan fingerprint density at radius 3 is 2.73 bits per heavy atom. The number of imidazole rings is 1. The number of nitrogens with two attached hydrogens (primary N) is 1. The number of fused-ring (bicyclic) bond motifs is 1. The van der Waals surface area contributed by atoms with E-state index in [2.05, 4.69) is 20.3 Å². The minimum atomic E-state index is -2.21. The van der Waals surface area contributed by atoms with Gasteiger partial charge in [-0.1, -0.05) is 49.6 Å². The number of benzene rings is 1. The number of guanidine groups is 1. The van der Waals surface area contributed by atoms with Crippen molar-refractivity contribution in [2.45, 2.75) is 76.0 Å². The Morgan fingerprint density at radius 1 is 1.25 bits per heavy atom. The van der Waals surface area contributed by atoms with Gasteiger partial charge in [0.15, 0.2) is 17.3 Å². The maximum Gasteiger partial charge on any atom is 0.398 e. The summed E-state index contributed by atoms with van der Waals surface area (Å²) in [6.07, 6.45) is 3.22. The van der Waals surface area contributed by atoms with E-state index >= 15 is 4.39 Å². The molecule has 40 heavy (non-hydrogen) atoms. The van der Waals surface area contributed by atoms with E-state index in [1.165, 1.54) is 17.8 Å². The lowest BCUT2D eigenvalue weighted by molar-refractivity contribution is -0.162. The Bertz CT molecular complexity index is 1400. The number of esters is 2. The van der Waals surface area contributed by atoms with Crippen LogP contribution >= 0.6 is 0 Å². The van der Waals surface area contributed by atoms with E-state index in [4.69, 9.17) is 19.9 Å². The van der Waals surface area contributed by atoms with Crippen LogP contribution in [0.25, 0.3) is 5.82 Å². The third-order valence-corrected chi connectivity index (χ3v) is 7.71. The summed E-state index contributed by atoms with van der Waals surface area (Å²) in [4.78, 5) is 29.9. The van der Waals surface area contributed by atoms with E-state index in [1.807, 2.05) is 30.3 Å². The van der Waals surface area contributed by atoms with Gasteiger partial charge in [0.1, 0.15) is 19.0 Å². The van der Waals surface area contributed by atoms with Crippen molar-refractivity contribution in [1.29, 1.82) is 0 Å². The van der Waals surface area contributed by atoms with Gasteiger partial charge < -0.3 is 19.5 Å². The summed E-state index contributed by atoms with van der Waals surface area (Å²) in [7, 11) is 1.69. The molecule has 2 aromatic rings. The van der Waals surface area contributed by atoms with Crippen LogP contribution in [0.5, 0.6) is 0 Å². The molecule has 2 aliphatic heterocycles. The van der Waals surface area contributed by atoms with Gasteiger partial charge in [0.2, 0.25) is 11.9 Å². The van der Waals surface area contributed by atoms with Crippen LogP contribution in [0.1, 0.15) is 57.2 Å². The fourth-order valence-corrected chi connectivity index (χ4v) is 5.66. The van der Waals surface area contributed by atoms with Crippen LogP contribution in [0.2, 0.25) is 0 Å². The molecule has 4 N–H and O–H groups in total. The number of hydrogen-bond acceptors (Lipinski definition) is 9. The van der Waals surface area contributed by atoms with Crippen LogP contribution in [0.4, 0.5) is 4.39 Å². The minimum Gasteiger partial charge on any atom is -0.463 e. The fraction of sp³-hybridized carbons (Fsp3) is 0.536. The molecule has 12 heteroatoms. The van der Waals surface area contributed by atoms with Gasteiger partial charge in [-0.05, 0) is 31.2 Å². The summed E-state index contributed by atoms with van der Waals surface area (Å²) in [6.45, 7) is 1.02. The SMILES string of the molecule is CNC1=c2ncn([C@@H]3O[C@H](COC(=O)Cc4ccccc4)[C@@H](OC(=O)CC4CCCCC4)[C@@]3(C)F)c2=[N+]=C(N)N1. The van der Waals surface area contributed by atoms with Crippen molar-refractivity contribution < 1.29 is 28.2 Å². The monoisotopic (exact) mass is 555 g/mol. The van der Waals surface area contributed by atoms with Crippen molar-refractivity contribution in [2.75, 3.05) is 13.7 Å². The smallest absolute Gasteiger partial charge is 0.398 e. The Balaban J connectivity index is 1.39. The number of nitrogens with zero attached hydrogens (tertiary/aromatic N) is 3. The Morgan fingerprint density at radius 2 is 2.00 bits per heavy atom. The molecule has 11 nitrogen and oxygen atoms in total. The molecule has 0 radical (unpaired) electrons. The van der Waals surface area contributed by atoms with Gasteiger partial charge in [-0.3, -0.25) is 15.3 Å². The molecule has 2 fully saturated rings. The molecule has 1 aliphatic carbocycles. The van der Waals surface area contributed by atoms with Crippen LogP contribution in [0.15, 0.2) is 36.7 Å². The van der Waals surface area contributed by atoms with Crippen molar-refractivity contribution in [3.05, 3.63) is 53.1 Å². The van der Waals surface area contributed by atoms with E-state index in [9.17, 15) is 9.59 Å². The lowest BCUT2D eigenvalue weighted by Gasteiger charge is -2.27. The molecule has 214 valence electrons. The van der Waals surface area contributed by atoms with Crippen LogP contribution < -0.4 is 31.9 Å². The second-order valence-corrected chi connectivity index (χ2v) is 10.7. The molecule has 0 amide bonds. The molecule has 0 unspecified atom stereocenters. The topological polar surface area (TPSA) is 144 Å². The number of nitrogens with one attached hydrogen (secondary N) is 2. The maximum atomic E-state index is 16.7. The summed E-state index contributed by atoms with van der Waals surface area (Å²) in [6, 6.07) is 9.15. The summed E-state index contributed by atoms with van der Waals surface area (Å²) >= 11 is 0. The highest BCUT2D eigenvalue weighted by molar-refractivity contribution is 5.83. The molecular formula is C28H36FN6O5+. The zero-order valence-electron chi connectivity index (χ0n) is 22.8. The van der Waals surface area contributed by atoms with Crippen molar-refractivity contribution in [1.82, 2.24) is 24.9 Å². The second kappa shape index (κ2) is 11.7. The van der Waals surface area contributed by atoms with Crippen LogP contribution in [-0.4, -0.2) is 59.0 Å². The van der Waals surface area contributed by atoms with Gasteiger partial charge in [0, 0.05) is 13.5 Å². The standard InChI is InChI=1S/C28H35FN6O5/c1-28(29)23(40-21(37)14-18-11-7-4-8-12-18)19(15-38-20(36)13-17-9-5-3-6-10-17)39-26(28)35-16-32-22-24(31-2)33-27(30)34-25(22)35/h3,5-6,9-10,16,18-19,23,26H,4,7-8,11-15H2,1-2H3,(H3,30,31,33,34)/p+1/t19-,23-,26-,28-/m1/s1. The highest BCUT2D eigenvalue weighted by Crippen LogP contribution is 2.43. The first-order chi connectivity index (χ1) is 19.3. The first-order valence-electron chi connectivity index (χ1n) is 13.7. The van der Waals surface area contributed by atoms with Gasteiger partial charge in [-0.2, -0.15) is 0 Å². The number of alkyl halides is 1. The second-order valence-electron chi connectivity index (χ2n) is 10.7. The fourth-order valence-electron chi connectivity index (χ4n) is 5.66. The van der Waals surface area contributed by atoms with Crippen LogP contribution in [-0.2, 0) is 30.2 Å². The van der Waals surface area contributed by atoms with Gasteiger partial charge >= 0.3 is 23.4 Å². The van der Waals surface area contributed by atoms with Crippen LogP contribution in [0.3, 0.4) is 0 Å². The molecule has 1 saturated heterocycles. The van der Waals surface area contributed by atoms with Gasteiger partial charge in [0.25, 0.3) is 0 Å². The number of carbonyl (C=O) groups excluding carboxylic acids is 2. The van der Waals surface area contributed by atoms with Gasteiger partial charge in [0.05, 0.1) is 6.42 Å². The molecular weight excluding hydrogens is 519 g/mol. The number of carbonyl (C=O) groups is 2. The van der Waals surface area contributed by atoms with E-state index < -0.39 is 36.0 Å². The molecule has 3 heterocycles. The van der Waals surface area contributed by atoms with Crippen molar-refractivity contribution in [3.63, 3.8) is 0 Å². The van der Waals surface area contributed by atoms with Crippen molar-refractivity contribution >= 4 is 23.7 Å². The van der Waals surface area contributed by atoms with Crippen molar-refractivity contribution in [3.8, 4) is 0 Å². The lowest BCUT2D eigenvalue weighted by atomic mass is 9.87. The number of hydrogen-bond donors (Lipinski definition) is 3. The lowest BCUT2D eigenvalue weighted by Crippen LogP contribution is -2.53. The average molecular weight is 556 g/mol. The van der Waals surface area contributed by atoms with Crippen molar-refractivity contribution in [2.24, 2.45) is 11.7 Å². The molecule has 3 aliphatic rings. The molecule has 5 rings (SSSR count). The predicted molar refractivity (Wildman–Crippen MR) is 143 cm³/mol. The first-order valence-corrected chi connectivity index (χ1v) is 13.7. The third kappa shape index (κ3) is 5.83. The summed E-state index contributed by atoms with van der Waals surface area (Å²) in [5.41, 5.74) is 4.80. The molecule has 0 spiro atoms. The Kier molecular flexibility index (Phi) is 8.09. The van der Waals surface area contributed by atoms with Crippen LogP contribution in [0, 0.1) is 5.92 Å². The summed E-state index contributed by atoms with van der Waals surface area (Å²) < 4.78 is 39.8. The first kappa shape index (κ1) is 27.7. The maximum absolute atomic E-state index is 16.7. The van der Waals surface area contributed by atoms with Gasteiger partial charge in [-0.25, -0.2) is 23.9 Å². The molecule has 0 bridgehead atoms. The minimum absolute atomic E-state index is 0.0503. The molecule has 1 saturated carbocycles. The molecule has 4 atom stereocenters. The Hall–Kier alpha value is -3.89. The summed E-state index contributed by atoms with van der Waals surface area (Å²) in [5.74, 6) is -0.174. The third-order valence-electron chi connectivity index (χ3n) is 7.71. The Labute approximate surface area is 231 Å². The normalized spacial score (nSPS) is 26.2. The predicted octanol–water partition coefficient (Wildman–Crippen LogP) is 0.0666. The number of halogens is 1. The zero-order valence-corrected chi connectivity index (χ0v) is 22.8. The zero-order chi connectivity index (χ0) is 28.3. The highest BCUT2D eigenvalue weighted by atomic mass is 19.1. The van der Waals surface area contributed by atoms with Gasteiger partial charge in [-0.15, -0.1) is 0 Å². The van der Waals surface area contributed by atoms with E-state index in [1.54, 1.807) is 7.05 Å². The van der Waals surface area contributed by atoms with E-state index in [0.29, 0.717) is 11.2 Å². The van der Waals surface area contributed by atoms with E-state index in [0.717, 1.165) is 37.7 Å². The van der Waals surface area contributed by atoms with E-state index in [-0.39, 0.29) is 36.8 Å². The summed E-state index contributed by atoms with van der Waals surface area (Å²) in [5, 5.41) is 6.27. The largest absolute Gasteiger partial charge is 0.463 e. The number of rotatable bonds is 9. The average Bonchev–Trinajstić information content (AvgIpc) is 3.45. The number of aromatic nitrogens is 2. The number of ether oxygens (including phenoxy) is 3. The molecule has 1 aromatic heterocycles. The quantitative estimate of drug-likeness (QED) is 0.289. The molecule has 1 aromatic carbocycles.